The number of hydrogen-bond donors (Lipinski definition) is 1. The molecule has 0 amide bonds. The molecule has 2 rings (SSSR count). The highest BCUT2D eigenvalue weighted by atomic mass is 32.1. The zero-order chi connectivity index (χ0) is 14.5. The lowest BCUT2D eigenvalue weighted by Crippen LogP contribution is -2.44. The van der Waals surface area contributed by atoms with Crippen LogP contribution in [-0.2, 0) is 6.42 Å². The van der Waals surface area contributed by atoms with Gasteiger partial charge >= 0.3 is 0 Å². The molecule has 0 radical (unpaired) electrons. The van der Waals surface area contributed by atoms with Gasteiger partial charge in [0.05, 0.1) is 6.04 Å². The molecule has 0 aromatic carbocycles. The molecule has 0 bridgehead atoms. The Labute approximate surface area is 127 Å². The molecule has 20 heavy (non-hydrogen) atoms. The molecule has 1 aromatic heterocycles. The van der Waals surface area contributed by atoms with Crippen LogP contribution in [0.15, 0.2) is 6.20 Å². The first-order chi connectivity index (χ1) is 9.63. The maximum Gasteiger partial charge on any atom is 0.109 e. The first kappa shape index (κ1) is 15.9. The van der Waals surface area contributed by atoms with Crippen molar-refractivity contribution in [3.05, 3.63) is 16.1 Å². The molecule has 114 valence electrons. The van der Waals surface area contributed by atoms with E-state index in [-0.39, 0.29) is 0 Å². The molecule has 1 aliphatic heterocycles. The summed E-state index contributed by atoms with van der Waals surface area (Å²) in [5.74, 6) is 0.775. The lowest BCUT2D eigenvalue weighted by molar-refractivity contribution is 0.153. The molecule has 3 unspecified atom stereocenters. The first-order valence-electron chi connectivity index (χ1n) is 8.07. The van der Waals surface area contributed by atoms with Crippen LogP contribution in [0, 0.1) is 5.92 Å². The molecule has 3 nitrogen and oxygen atoms in total. The Bertz CT molecular complexity index is 404. The number of thiazole rings is 1. The average Bonchev–Trinajstić information content (AvgIpc) is 2.96. The third kappa shape index (κ3) is 4.03. The lowest BCUT2D eigenvalue weighted by atomic mass is 9.91. The van der Waals surface area contributed by atoms with E-state index in [2.05, 4.69) is 42.9 Å². The molecule has 2 heterocycles. The van der Waals surface area contributed by atoms with E-state index in [1.807, 2.05) is 17.5 Å². The molecular weight excluding hydrogens is 266 g/mol. The molecule has 1 aromatic rings. The van der Waals surface area contributed by atoms with Gasteiger partial charge in [0.1, 0.15) is 5.01 Å². The van der Waals surface area contributed by atoms with Crippen LogP contribution in [0.25, 0.3) is 0 Å². The lowest BCUT2D eigenvalue weighted by Gasteiger charge is -2.36. The highest BCUT2D eigenvalue weighted by Crippen LogP contribution is 2.24. The number of likely N-dealkylation sites (tertiary alicyclic amines) is 1. The van der Waals surface area contributed by atoms with Crippen molar-refractivity contribution in [2.24, 2.45) is 5.92 Å². The summed E-state index contributed by atoms with van der Waals surface area (Å²) in [7, 11) is 0. The largest absolute Gasteiger partial charge is 0.305 e. The van der Waals surface area contributed by atoms with Crippen LogP contribution in [0.4, 0.5) is 0 Å². The Morgan fingerprint density at radius 2 is 2.25 bits per heavy atom. The van der Waals surface area contributed by atoms with E-state index in [0.717, 1.165) is 12.3 Å². The smallest absolute Gasteiger partial charge is 0.109 e. The van der Waals surface area contributed by atoms with Gasteiger partial charge in [-0.15, -0.1) is 11.3 Å². The minimum atomic E-state index is 0.368. The van der Waals surface area contributed by atoms with Crippen molar-refractivity contribution in [1.29, 1.82) is 0 Å². The standard InChI is InChI=1S/C16H29N3S/c1-5-15-10-17-16(20-15)13(4)18-12(3)14-8-7-9-19(6-2)11-14/h10,12-14,18H,5-9,11H2,1-4H3. The number of aryl methyl sites for hydroxylation is 1. The van der Waals surface area contributed by atoms with Crippen LogP contribution in [0.3, 0.4) is 0 Å². The summed E-state index contributed by atoms with van der Waals surface area (Å²) in [6.07, 6.45) is 5.82. The molecule has 3 atom stereocenters. The second kappa shape index (κ2) is 7.53. The van der Waals surface area contributed by atoms with Crippen LogP contribution in [0.5, 0.6) is 0 Å². The molecule has 1 saturated heterocycles. The van der Waals surface area contributed by atoms with Gasteiger partial charge in [-0.05, 0) is 52.1 Å². The third-order valence-corrected chi connectivity index (χ3v) is 5.82. The summed E-state index contributed by atoms with van der Waals surface area (Å²) >= 11 is 1.85. The first-order valence-corrected chi connectivity index (χ1v) is 8.88. The van der Waals surface area contributed by atoms with E-state index in [9.17, 15) is 0 Å². The molecule has 1 fully saturated rings. The average molecular weight is 295 g/mol. The summed E-state index contributed by atoms with van der Waals surface area (Å²) in [6, 6.07) is 0.931. The molecule has 1 N–H and O–H groups in total. The van der Waals surface area contributed by atoms with E-state index in [1.165, 1.54) is 42.4 Å². The van der Waals surface area contributed by atoms with Crippen molar-refractivity contribution in [3.63, 3.8) is 0 Å². The third-order valence-electron chi connectivity index (χ3n) is 4.50. The van der Waals surface area contributed by atoms with Crippen molar-refractivity contribution in [2.75, 3.05) is 19.6 Å². The maximum absolute atomic E-state index is 4.56. The number of nitrogens with zero attached hydrogens (tertiary/aromatic N) is 2. The van der Waals surface area contributed by atoms with Crippen LogP contribution in [0.2, 0.25) is 0 Å². The van der Waals surface area contributed by atoms with Gasteiger partial charge in [-0.25, -0.2) is 4.98 Å². The Morgan fingerprint density at radius 3 is 2.90 bits per heavy atom. The monoisotopic (exact) mass is 295 g/mol. The van der Waals surface area contributed by atoms with Crippen molar-refractivity contribution in [1.82, 2.24) is 15.2 Å². The Morgan fingerprint density at radius 1 is 1.45 bits per heavy atom. The SMILES string of the molecule is CCc1cnc(C(C)NC(C)C2CCCN(CC)C2)s1. The number of hydrogen-bond acceptors (Lipinski definition) is 4. The highest BCUT2D eigenvalue weighted by molar-refractivity contribution is 7.11. The van der Waals surface area contributed by atoms with Gasteiger partial charge in [-0.3, -0.25) is 0 Å². The summed E-state index contributed by atoms with van der Waals surface area (Å²) in [6.45, 7) is 12.8. The number of piperidine rings is 1. The molecule has 4 heteroatoms. The van der Waals surface area contributed by atoms with E-state index in [4.69, 9.17) is 0 Å². The summed E-state index contributed by atoms with van der Waals surface area (Å²) in [4.78, 5) is 8.53. The van der Waals surface area contributed by atoms with Crippen molar-refractivity contribution < 1.29 is 0 Å². The number of rotatable bonds is 6. The van der Waals surface area contributed by atoms with Gasteiger partial charge < -0.3 is 10.2 Å². The Hall–Kier alpha value is -0.450. The van der Waals surface area contributed by atoms with Gasteiger partial charge in [-0.2, -0.15) is 0 Å². The fourth-order valence-corrected chi connectivity index (χ4v) is 3.94. The fraction of sp³-hybridized carbons (Fsp3) is 0.812. The molecule has 0 saturated carbocycles. The molecule has 1 aliphatic rings. The predicted molar refractivity (Wildman–Crippen MR) is 87.3 cm³/mol. The van der Waals surface area contributed by atoms with Gasteiger partial charge in [0.2, 0.25) is 0 Å². The number of nitrogens with one attached hydrogen (secondary N) is 1. The van der Waals surface area contributed by atoms with E-state index >= 15 is 0 Å². The van der Waals surface area contributed by atoms with Gasteiger partial charge in [0, 0.05) is 23.7 Å². The molecule has 0 aliphatic carbocycles. The zero-order valence-electron chi connectivity index (χ0n) is 13.4. The second-order valence-corrected chi connectivity index (χ2v) is 7.14. The summed E-state index contributed by atoms with van der Waals surface area (Å²) in [5, 5.41) is 5.00. The Balaban J connectivity index is 1.88. The quantitative estimate of drug-likeness (QED) is 0.871. The fourth-order valence-electron chi connectivity index (χ4n) is 3.07. The van der Waals surface area contributed by atoms with Crippen molar-refractivity contribution in [3.8, 4) is 0 Å². The van der Waals surface area contributed by atoms with Gasteiger partial charge in [0.25, 0.3) is 0 Å². The topological polar surface area (TPSA) is 28.2 Å². The minimum absolute atomic E-state index is 0.368. The Kier molecular flexibility index (Phi) is 6.00. The number of aromatic nitrogens is 1. The van der Waals surface area contributed by atoms with Gasteiger partial charge in [0.15, 0.2) is 0 Å². The van der Waals surface area contributed by atoms with E-state index in [0.29, 0.717) is 12.1 Å². The minimum Gasteiger partial charge on any atom is -0.305 e. The van der Waals surface area contributed by atoms with Gasteiger partial charge in [-0.1, -0.05) is 13.8 Å². The maximum atomic E-state index is 4.56. The normalized spacial score (nSPS) is 23.7. The van der Waals surface area contributed by atoms with Crippen molar-refractivity contribution >= 4 is 11.3 Å². The van der Waals surface area contributed by atoms with Crippen LogP contribution >= 0.6 is 11.3 Å². The van der Waals surface area contributed by atoms with Crippen LogP contribution in [-0.4, -0.2) is 35.6 Å². The second-order valence-electron chi connectivity index (χ2n) is 5.99. The van der Waals surface area contributed by atoms with E-state index < -0.39 is 0 Å². The molecular formula is C16H29N3S. The summed E-state index contributed by atoms with van der Waals surface area (Å²) in [5.41, 5.74) is 0. The molecule has 0 spiro atoms. The van der Waals surface area contributed by atoms with E-state index in [1.54, 1.807) is 0 Å². The summed E-state index contributed by atoms with van der Waals surface area (Å²) < 4.78 is 0. The van der Waals surface area contributed by atoms with Crippen LogP contribution in [0.1, 0.15) is 56.5 Å². The highest BCUT2D eigenvalue weighted by Gasteiger charge is 2.25. The predicted octanol–water partition coefficient (Wildman–Crippen LogP) is 3.48. The van der Waals surface area contributed by atoms with Crippen LogP contribution < -0.4 is 5.32 Å². The van der Waals surface area contributed by atoms with Crippen molar-refractivity contribution in [2.45, 2.75) is 59.0 Å². The zero-order valence-corrected chi connectivity index (χ0v) is 14.2.